The van der Waals surface area contributed by atoms with Crippen molar-refractivity contribution in [1.29, 1.82) is 0 Å². The van der Waals surface area contributed by atoms with E-state index in [1.165, 1.54) is 6.42 Å². The minimum atomic E-state index is 0.0736. The number of fused-ring (bicyclic) bond motifs is 1. The van der Waals surface area contributed by atoms with E-state index in [1.54, 1.807) is 0 Å². The standard InChI is InChI=1S/C22H31N5O2/c1-21(2)13-22(14-26-7-9-29-10-8-26)15-27(12-19(21)22)20(28)17-11-16(23-24-17)18-5-4-6-25(18)3/h4-6,11,19H,7-10,12-15H2,1-3H3,(H,23,24)/t19-,22+/m1/s1. The van der Waals surface area contributed by atoms with Crippen LogP contribution in [0.25, 0.3) is 11.4 Å². The van der Waals surface area contributed by atoms with E-state index in [1.807, 2.05) is 36.0 Å². The fraction of sp³-hybridized carbons (Fsp3) is 0.636. The number of carbonyl (C=O) groups is 1. The Hall–Kier alpha value is -2.12. The van der Waals surface area contributed by atoms with Gasteiger partial charge in [0.15, 0.2) is 0 Å². The van der Waals surface area contributed by atoms with Crippen LogP contribution in [-0.4, -0.2) is 76.4 Å². The van der Waals surface area contributed by atoms with Crippen LogP contribution in [0, 0.1) is 16.7 Å². The second kappa shape index (κ2) is 6.71. The molecule has 2 aromatic rings. The second-order valence-electron chi connectivity index (χ2n) is 9.83. The number of amides is 1. The second-order valence-corrected chi connectivity index (χ2v) is 9.83. The molecule has 0 unspecified atom stereocenters. The molecule has 0 bridgehead atoms. The molecule has 7 nitrogen and oxygen atoms in total. The SMILES string of the molecule is Cn1cccc1-c1cc(C(=O)N2C[C@@H]3C(C)(C)C[C@]3(CN3CCOCC3)C2)[nH]n1. The molecule has 1 saturated carbocycles. The Bertz CT molecular complexity index is 910. The average molecular weight is 398 g/mol. The summed E-state index contributed by atoms with van der Waals surface area (Å²) >= 11 is 0. The molecule has 5 rings (SSSR count). The fourth-order valence-corrected chi connectivity index (χ4v) is 6.16. The smallest absolute Gasteiger partial charge is 0.271 e. The number of morpholine rings is 1. The summed E-state index contributed by atoms with van der Waals surface area (Å²) in [5.74, 6) is 0.626. The molecule has 2 saturated heterocycles. The lowest BCUT2D eigenvalue weighted by Gasteiger charge is -2.58. The molecule has 7 heteroatoms. The summed E-state index contributed by atoms with van der Waals surface area (Å²) in [6.45, 7) is 11.1. The van der Waals surface area contributed by atoms with Crippen LogP contribution >= 0.6 is 0 Å². The zero-order chi connectivity index (χ0) is 20.2. The number of aromatic nitrogens is 3. The first-order valence-electron chi connectivity index (χ1n) is 10.6. The number of rotatable bonds is 4. The highest BCUT2D eigenvalue weighted by atomic mass is 16.5. The van der Waals surface area contributed by atoms with Crippen molar-refractivity contribution in [3.63, 3.8) is 0 Å². The summed E-state index contributed by atoms with van der Waals surface area (Å²) in [4.78, 5) is 17.9. The van der Waals surface area contributed by atoms with E-state index in [0.29, 0.717) is 17.0 Å². The molecule has 4 heterocycles. The van der Waals surface area contributed by atoms with Crippen LogP contribution < -0.4 is 0 Å². The van der Waals surface area contributed by atoms with Crippen LogP contribution in [-0.2, 0) is 11.8 Å². The molecule has 0 spiro atoms. The number of aryl methyl sites for hydroxylation is 1. The maximum Gasteiger partial charge on any atom is 0.271 e. The Morgan fingerprint density at radius 3 is 2.83 bits per heavy atom. The normalized spacial score (nSPS) is 28.9. The van der Waals surface area contributed by atoms with Crippen molar-refractivity contribution >= 4 is 5.91 Å². The molecule has 3 aliphatic rings. The molecular formula is C22H31N5O2. The number of carbonyl (C=O) groups excluding carboxylic acids is 1. The number of ether oxygens (including phenoxy) is 1. The molecule has 2 aliphatic heterocycles. The summed E-state index contributed by atoms with van der Waals surface area (Å²) in [6, 6.07) is 5.89. The maximum absolute atomic E-state index is 13.3. The monoisotopic (exact) mass is 397 g/mol. The maximum atomic E-state index is 13.3. The van der Waals surface area contributed by atoms with Crippen LogP contribution in [0.5, 0.6) is 0 Å². The van der Waals surface area contributed by atoms with E-state index in [9.17, 15) is 4.79 Å². The van der Waals surface area contributed by atoms with Gasteiger partial charge in [-0.3, -0.25) is 14.8 Å². The lowest BCUT2D eigenvalue weighted by molar-refractivity contribution is -0.0966. The number of likely N-dealkylation sites (tertiary alicyclic amines) is 1. The molecule has 3 fully saturated rings. The summed E-state index contributed by atoms with van der Waals surface area (Å²) in [7, 11) is 1.99. The van der Waals surface area contributed by atoms with Gasteiger partial charge < -0.3 is 14.2 Å². The van der Waals surface area contributed by atoms with Crippen molar-refractivity contribution in [3.8, 4) is 11.4 Å². The van der Waals surface area contributed by atoms with Crippen LogP contribution in [0.3, 0.4) is 0 Å². The van der Waals surface area contributed by atoms with Gasteiger partial charge in [0.05, 0.1) is 18.9 Å². The van der Waals surface area contributed by atoms with Gasteiger partial charge in [0.25, 0.3) is 5.91 Å². The lowest BCUT2D eigenvalue weighted by atomic mass is 9.48. The lowest BCUT2D eigenvalue weighted by Crippen LogP contribution is -2.59. The summed E-state index contributed by atoms with van der Waals surface area (Å²) < 4.78 is 7.54. The zero-order valence-corrected chi connectivity index (χ0v) is 17.6. The van der Waals surface area contributed by atoms with Crippen molar-refractivity contribution in [2.75, 3.05) is 45.9 Å². The molecule has 1 N–H and O–H groups in total. The first-order valence-corrected chi connectivity index (χ1v) is 10.6. The van der Waals surface area contributed by atoms with Gasteiger partial charge in [-0.25, -0.2) is 0 Å². The summed E-state index contributed by atoms with van der Waals surface area (Å²) in [6.07, 6.45) is 3.17. The van der Waals surface area contributed by atoms with Gasteiger partial charge in [0, 0.05) is 51.4 Å². The van der Waals surface area contributed by atoms with Crippen molar-refractivity contribution in [3.05, 3.63) is 30.1 Å². The Kier molecular flexibility index (Phi) is 4.37. The summed E-state index contributed by atoms with van der Waals surface area (Å²) in [5, 5.41) is 7.37. The molecule has 2 aromatic heterocycles. The van der Waals surface area contributed by atoms with Gasteiger partial charge in [-0.1, -0.05) is 13.8 Å². The van der Waals surface area contributed by atoms with Crippen LogP contribution in [0.15, 0.2) is 24.4 Å². The largest absolute Gasteiger partial charge is 0.379 e. The molecular weight excluding hydrogens is 366 g/mol. The Morgan fingerprint density at radius 2 is 2.14 bits per heavy atom. The van der Waals surface area contributed by atoms with Gasteiger partial charge in [-0.2, -0.15) is 5.10 Å². The molecule has 0 aromatic carbocycles. The summed E-state index contributed by atoms with van der Waals surface area (Å²) in [5.41, 5.74) is 2.92. The predicted octanol–water partition coefficient (Wildman–Crippen LogP) is 2.24. The Balaban J connectivity index is 1.33. The van der Waals surface area contributed by atoms with Crippen molar-refractivity contribution in [2.24, 2.45) is 23.8 Å². The quantitative estimate of drug-likeness (QED) is 0.859. The molecule has 2 atom stereocenters. The fourth-order valence-electron chi connectivity index (χ4n) is 6.16. The highest BCUT2D eigenvalue weighted by Crippen LogP contribution is 2.63. The van der Waals surface area contributed by atoms with Gasteiger partial charge in [0.1, 0.15) is 11.4 Å². The third-order valence-electron chi connectivity index (χ3n) is 7.34. The van der Waals surface area contributed by atoms with E-state index >= 15 is 0 Å². The van der Waals surface area contributed by atoms with Crippen molar-refractivity contribution < 1.29 is 9.53 Å². The van der Waals surface area contributed by atoms with Crippen LogP contribution in [0.1, 0.15) is 30.8 Å². The number of hydrogen-bond acceptors (Lipinski definition) is 4. The predicted molar refractivity (Wildman–Crippen MR) is 110 cm³/mol. The highest BCUT2D eigenvalue weighted by molar-refractivity contribution is 5.93. The topological polar surface area (TPSA) is 66.4 Å². The van der Waals surface area contributed by atoms with E-state index in [4.69, 9.17) is 4.74 Å². The van der Waals surface area contributed by atoms with E-state index in [0.717, 1.165) is 57.3 Å². The average Bonchev–Trinajstić information content (AvgIpc) is 3.39. The minimum absolute atomic E-state index is 0.0736. The van der Waals surface area contributed by atoms with Crippen molar-refractivity contribution in [1.82, 2.24) is 24.6 Å². The molecule has 0 radical (unpaired) electrons. The molecule has 1 aliphatic carbocycles. The molecule has 29 heavy (non-hydrogen) atoms. The zero-order valence-electron chi connectivity index (χ0n) is 17.6. The van der Waals surface area contributed by atoms with Gasteiger partial charge in [0.2, 0.25) is 0 Å². The van der Waals surface area contributed by atoms with E-state index in [2.05, 4.69) is 33.8 Å². The number of nitrogens with one attached hydrogen (secondary N) is 1. The molecule has 1 amide bonds. The highest BCUT2D eigenvalue weighted by Gasteiger charge is 2.63. The first-order chi connectivity index (χ1) is 13.9. The van der Waals surface area contributed by atoms with Gasteiger partial charge in [-0.05, 0) is 36.0 Å². The minimum Gasteiger partial charge on any atom is -0.379 e. The van der Waals surface area contributed by atoms with Crippen LogP contribution in [0.2, 0.25) is 0 Å². The third kappa shape index (κ3) is 3.11. The first kappa shape index (κ1) is 18.9. The molecule has 156 valence electrons. The number of aromatic amines is 1. The number of nitrogens with zero attached hydrogens (tertiary/aromatic N) is 4. The van der Waals surface area contributed by atoms with E-state index < -0.39 is 0 Å². The Labute approximate surface area is 172 Å². The van der Waals surface area contributed by atoms with Crippen molar-refractivity contribution in [2.45, 2.75) is 20.3 Å². The Morgan fingerprint density at radius 1 is 1.34 bits per heavy atom. The number of hydrogen-bond donors (Lipinski definition) is 1. The third-order valence-corrected chi connectivity index (χ3v) is 7.34. The van der Waals surface area contributed by atoms with E-state index in [-0.39, 0.29) is 11.3 Å². The van der Waals surface area contributed by atoms with Gasteiger partial charge >= 0.3 is 0 Å². The number of H-pyrrole nitrogens is 1. The van der Waals surface area contributed by atoms with Gasteiger partial charge in [-0.15, -0.1) is 0 Å². The van der Waals surface area contributed by atoms with Crippen LogP contribution in [0.4, 0.5) is 0 Å².